The van der Waals surface area contributed by atoms with Gasteiger partial charge in [-0.1, -0.05) is 12.1 Å². The topological polar surface area (TPSA) is 153 Å². The minimum atomic E-state index is -1.56. The zero-order valence-electron chi connectivity index (χ0n) is 13.8. The summed E-state index contributed by atoms with van der Waals surface area (Å²) >= 11 is 0. The van der Waals surface area contributed by atoms with Crippen LogP contribution in [0.1, 0.15) is 10.5 Å². The van der Waals surface area contributed by atoms with Crippen molar-refractivity contribution < 1.29 is 18.9 Å². The highest BCUT2D eigenvalue weighted by molar-refractivity contribution is 7.85. The minimum absolute atomic E-state index is 0.0553. The predicted molar refractivity (Wildman–Crippen MR) is 98.1 cm³/mol. The standard InChI is InChI=1S/C17H15N5O4S/c18-16(24)15-12(20-17(19)25)9-22(21-15)10-5-7-11(8-6-10)27(26)14-4-2-1-3-13(14)23/h1-9,23H,(H2,18,24)(H3,19,20,25). The molecule has 1 aromatic heterocycles. The van der Waals surface area contributed by atoms with E-state index in [1.54, 1.807) is 42.5 Å². The highest BCUT2D eigenvalue weighted by Gasteiger charge is 2.17. The fraction of sp³-hybridized carbons (Fsp3) is 0. The number of hydrogen-bond acceptors (Lipinski definition) is 5. The quantitative estimate of drug-likeness (QED) is 0.522. The van der Waals surface area contributed by atoms with Gasteiger partial charge in [-0.05, 0) is 36.4 Å². The molecule has 10 heteroatoms. The van der Waals surface area contributed by atoms with Crippen molar-refractivity contribution in [1.29, 1.82) is 0 Å². The van der Waals surface area contributed by atoms with Gasteiger partial charge in [0.2, 0.25) is 0 Å². The van der Waals surface area contributed by atoms with Gasteiger partial charge in [-0.15, -0.1) is 0 Å². The summed E-state index contributed by atoms with van der Waals surface area (Å²) in [5.74, 6) is -0.880. The number of carbonyl (C=O) groups is 2. The highest BCUT2D eigenvalue weighted by Crippen LogP contribution is 2.25. The van der Waals surface area contributed by atoms with Gasteiger partial charge in [0, 0.05) is 4.90 Å². The molecule has 138 valence electrons. The minimum Gasteiger partial charge on any atom is -0.507 e. The first kappa shape index (κ1) is 18.1. The van der Waals surface area contributed by atoms with Crippen molar-refractivity contribution in [2.45, 2.75) is 9.79 Å². The Hall–Kier alpha value is -3.66. The fourth-order valence-electron chi connectivity index (χ4n) is 2.38. The number of anilines is 1. The third kappa shape index (κ3) is 3.80. The molecule has 3 rings (SSSR count). The number of phenols is 1. The van der Waals surface area contributed by atoms with Crippen LogP contribution in [0.2, 0.25) is 0 Å². The number of carbonyl (C=O) groups excluding carboxylic acids is 2. The van der Waals surface area contributed by atoms with Gasteiger partial charge < -0.3 is 21.9 Å². The second kappa shape index (κ2) is 7.30. The molecule has 0 aliphatic carbocycles. The van der Waals surface area contributed by atoms with Gasteiger partial charge in [0.05, 0.1) is 33.3 Å². The molecule has 3 aromatic rings. The number of aromatic nitrogens is 2. The number of urea groups is 1. The van der Waals surface area contributed by atoms with Crippen LogP contribution in [0.25, 0.3) is 5.69 Å². The third-order valence-electron chi connectivity index (χ3n) is 3.59. The van der Waals surface area contributed by atoms with Gasteiger partial charge in [0.25, 0.3) is 5.91 Å². The summed E-state index contributed by atoms with van der Waals surface area (Å²) in [6.07, 6.45) is 1.39. The summed E-state index contributed by atoms with van der Waals surface area (Å²) in [5, 5.41) is 16.2. The summed E-state index contributed by atoms with van der Waals surface area (Å²) in [4.78, 5) is 23.3. The Kier molecular flexibility index (Phi) is 4.90. The van der Waals surface area contributed by atoms with Crippen molar-refractivity contribution in [3.05, 3.63) is 60.4 Å². The third-order valence-corrected chi connectivity index (χ3v) is 5.03. The Morgan fingerprint density at radius 3 is 2.33 bits per heavy atom. The number of hydrogen-bond donors (Lipinski definition) is 4. The molecule has 3 amide bonds. The fourth-order valence-corrected chi connectivity index (χ4v) is 3.47. The maximum Gasteiger partial charge on any atom is 0.316 e. The monoisotopic (exact) mass is 385 g/mol. The lowest BCUT2D eigenvalue weighted by atomic mass is 10.3. The number of primary amides is 2. The molecule has 0 saturated heterocycles. The first-order valence-electron chi connectivity index (χ1n) is 7.63. The normalized spacial score (nSPS) is 11.7. The molecule has 0 aliphatic rings. The van der Waals surface area contributed by atoms with Crippen LogP contribution in [0.3, 0.4) is 0 Å². The zero-order chi connectivity index (χ0) is 19.6. The van der Waals surface area contributed by atoms with Crippen LogP contribution in [-0.4, -0.2) is 31.0 Å². The number of nitrogens with two attached hydrogens (primary N) is 2. The molecule has 27 heavy (non-hydrogen) atoms. The maximum absolute atomic E-state index is 12.6. The number of phenolic OH excluding ortho intramolecular Hbond substituents is 1. The number of amides is 3. The van der Waals surface area contributed by atoms with Crippen molar-refractivity contribution in [2.75, 3.05) is 5.32 Å². The summed E-state index contributed by atoms with van der Waals surface area (Å²) in [5.41, 5.74) is 10.8. The van der Waals surface area contributed by atoms with Crippen molar-refractivity contribution in [3.8, 4) is 11.4 Å². The Balaban J connectivity index is 1.92. The van der Waals surface area contributed by atoms with Crippen molar-refractivity contribution in [2.24, 2.45) is 11.5 Å². The first-order valence-corrected chi connectivity index (χ1v) is 8.78. The van der Waals surface area contributed by atoms with E-state index >= 15 is 0 Å². The van der Waals surface area contributed by atoms with E-state index in [0.29, 0.717) is 15.5 Å². The Morgan fingerprint density at radius 2 is 1.74 bits per heavy atom. The van der Waals surface area contributed by atoms with Gasteiger partial charge >= 0.3 is 6.03 Å². The molecule has 6 N–H and O–H groups in total. The summed E-state index contributed by atoms with van der Waals surface area (Å²) < 4.78 is 13.9. The maximum atomic E-state index is 12.6. The lowest BCUT2D eigenvalue weighted by Crippen LogP contribution is -2.22. The number of aromatic hydroxyl groups is 1. The van der Waals surface area contributed by atoms with E-state index in [4.69, 9.17) is 11.5 Å². The molecule has 1 atom stereocenters. The van der Waals surface area contributed by atoms with E-state index < -0.39 is 22.7 Å². The van der Waals surface area contributed by atoms with E-state index in [9.17, 15) is 18.9 Å². The van der Waals surface area contributed by atoms with Crippen molar-refractivity contribution in [3.63, 3.8) is 0 Å². The summed E-state index contributed by atoms with van der Waals surface area (Å²) in [6, 6.07) is 12.0. The van der Waals surface area contributed by atoms with Gasteiger partial charge in [0.15, 0.2) is 5.69 Å². The average Bonchev–Trinajstić information content (AvgIpc) is 3.05. The zero-order valence-corrected chi connectivity index (χ0v) is 14.6. The van der Waals surface area contributed by atoms with Crippen LogP contribution in [-0.2, 0) is 10.8 Å². The van der Waals surface area contributed by atoms with E-state index in [2.05, 4.69) is 10.4 Å². The molecule has 9 nitrogen and oxygen atoms in total. The van der Waals surface area contributed by atoms with Crippen LogP contribution in [0.15, 0.2) is 64.5 Å². The molecule has 0 bridgehead atoms. The van der Waals surface area contributed by atoms with Crippen LogP contribution in [0.4, 0.5) is 10.5 Å². The average molecular weight is 385 g/mol. The van der Waals surface area contributed by atoms with Gasteiger partial charge in [-0.25, -0.2) is 13.7 Å². The number of benzene rings is 2. The lowest BCUT2D eigenvalue weighted by molar-refractivity contribution is 0.0996. The molecule has 2 aromatic carbocycles. The molecule has 0 saturated carbocycles. The molecule has 0 fully saturated rings. The van der Waals surface area contributed by atoms with Gasteiger partial charge in [0.1, 0.15) is 5.75 Å². The van der Waals surface area contributed by atoms with E-state index in [1.807, 2.05) is 0 Å². The van der Waals surface area contributed by atoms with E-state index in [-0.39, 0.29) is 17.1 Å². The van der Waals surface area contributed by atoms with Crippen LogP contribution in [0, 0.1) is 0 Å². The number of rotatable bonds is 5. The summed E-state index contributed by atoms with van der Waals surface area (Å²) in [7, 11) is -1.56. The molecular weight excluding hydrogens is 370 g/mol. The molecule has 0 spiro atoms. The largest absolute Gasteiger partial charge is 0.507 e. The highest BCUT2D eigenvalue weighted by atomic mass is 32.2. The second-order valence-corrected chi connectivity index (χ2v) is 6.87. The Bertz CT molecular complexity index is 1050. The SMILES string of the molecule is NC(=O)Nc1cn(-c2ccc(S(=O)c3ccccc3O)cc2)nc1C(N)=O. The van der Waals surface area contributed by atoms with Gasteiger partial charge in [-0.3, -0.25) is 4.79 Å². The molecule has 0 radical (unpaired) electrons. The molecule has 1 heterocycles. The summed E-state index contributed by atoms with van der Waals surface area (Å²) in [6.45, 7) is 0. The van der Waals surface area contributed by atoms with Crippen LogP contribution >= 0.6 is 0 Å². The lowest BCUT2D eigenvalue weighted by Gasteiger charge is -2.06. The molecular formula is C17H15N5O4S. The number of para-hydroxylation sites is 1. The smallest absolute Gasteiger partial charge is 0.316 e. The van der Waals surface area contributed by atoms with Crippen molar-refractivity contribution >= 4 is 28.4 Å². The van der Waals surface area contributed by atoms with Crippen molar-refractivity contribution in [1.82, 2.24) is 9.78 Å². The van der Waals surface area contributed by atoms with Crippen LogP contribution < -0.4 is 16.8 Å². The Morgan fingerprint density at radius 1 is 1.07 bits per heavy atom. The molecule has 1 unspecified atom stereocenters. The molecule has 0 aliphatic heterocycles. The van der Waals surface area contributed by atoms with Crippen LogP contribution in [0.5, 0.6) is 5.75 Å². The first-order chi connectivity index (χ1) is 12.9. The predicted octanol–water partition coefficient (Wildman–Crippen LogP) is 1.33. The second-order valence-electron chi connectivity index (χ2n) is 5.42. The number of nitrogens with one attached hydrogen (secondary N) is 1. The van der Waals surface area contributed by atoms with Gasteiger partial charge in [-0.2, -0.15) is 5.10 Å². The van der Waals surface area contributed by atoms with E-state index in [1.165, 1.54) is 16.9 Å². The van der Waals surface area contributed by atoms with E-state index in [0.717, 1.165) is 0 Å². The number of nitrogens with zero attached hydrogens (tertiary/aromatic N) is 2. The Labute approximate surface area is 156 Å².